The van der Waals surface area contributed by atoms with Gasteiger partial charge < -0.3 is 23.3 Å². The molecule has 31 heavy (non-hydrogen) atoms. The Hall–Kier alpha value is -0.313. The SMILES string of the molecule is CC(C)=C(C)C(C)=C(C)C.C[C-]=C(C)C(C)=C(C)[C-](C)C.C[C-]=C(C)C(C)=[C-]C.[W+2].[W+2]. The molecule has 0 atom stereocenters. The molecule has 0 aliphatic carbocycles. The van der Waals surface area contributed by atoms with Crippen molar-refractivity contribution in [2.75, 3.05) is 0 Å². The number of allylic oxidation sites excluding steroid dienone is 12. The molecule has 0 heterocycles. The monoisotopic (exact) mass is 764 g/mol. The first-order valence-electron chi connectivity index (χ1n) is 10.5. The zero-order valence-corrected chi connectivity index (χ0v) is 29.2. The molecule has 0 nitrogen and oxygen atoms in total. The molecule has 0 N–H and O–H groups in total. The van der Waals surface area contributed by atoms with Crippen molar-refractivity contribution in [3.63, 3.8) is 0 Å². The molecule has 0 aromatic carbocycles. The van der Waals surface area contributed by atoms with Crippen molar-refractivity contribution in [1.82, 2.24) is 0 Å². The molecule has 0 aliphatic rings. The van der Waals surface area contributed by atoms with Gasteiger partial charge >= 0.3 is 42.1 Å². The van der Waals surface area contributed by atoms with Crippen molar-refractivity contribution in [2.24, 2.45) is 0 Å². The third kappa shape index (κ3) is 20.1. The topological polar surface area (TPSA) is 0 Å². The summed E-state index contributed by atoms with van der Waals surface area (Å²) in [7, 11) is 0. The van der Waals surface area contributed by atoms with Crippen LogP contribution in [0.15, 0.2) is 50.2 Å². The molecule has 2 heteroatoms. The van der Waals surface area contributed by atoms with Crippen LogP contribution in [-0.4, -0.2) is 0 Å². The summed E-state index contributed by atoms with van der Waals surface area (Å²) in [6, 6.07) is 0. The van der Waals surface area contributed by atoms with Crippen LogP contribution in [0.4, 0.5) is 0 Å². The van der Waals surface area contributed by atoms with E-state index < -0.39 is 0 Å². The van der Waals surface area contributed by atoms with Crippen LogP contribution in [0.3, 0.4) is 0 Å². The molecule has 0 aliphatic heterocycles. The fraction of sp³-hybridized carbons (Fsp3) is 0.552. The second-order valence-corrected chi connectivity index (χ2v) is 8.12. The first kappa shape index (κ1) is 41.0. The first-order valence-corrected chi connectivity index (χ1v) is 10.5. The molecular weight excluding hydrogens is 716 g/mol. The number of hydrogen-bond acceptors (Lipinski definition) is 0. The summed E-state index contributed by atoms with van der Waals surface area (Å²) in [5.41, 5.74) is 12.1. The Kier molecular flexibility index (Phi) is 30.2. The Morgan fingerprint density at radius 3 is 0.871 bits per heavy atom. The smallest absolute Gasteiger partial charge is 0.376 e. The Labute approximate surface area is 226 Å². The minimum atomic E-state index is 0. The van der Waals surface area contributed by atoms with Crippen LogP contribution < -0.4 is 0 Å². The molecule has 176 valence electrons. The minimum Gasteiger partial charge on any atom is -0.376 e. The molecule has 0 rings (SSSR count). The van der Waals surface area contributed by atoms with Crippen LogP contribution >= 0.6 is 0 Å². The van der Waals surface area contributed by atoms with Gasteiger partial charge in [-0.25, -0.2) is 22.6 Å². The van der Waals surface area contributed by atoms with Crippen molar-refractivity contribution >= 4 is 0 Å². The van der Waals surface area contributed by atoms with Gasteiger partial charge in [0.2, 0.25) is 0 Å². The molecule has 0 saturated heterocycles. The van der Waals surface area contributed by atoms with Crippen molar-refractivity contribution < 1.29 is 42.1 Å². The predicted molar refractivity (Wildman–Crippen MR) is 135 cm³/mol. The van der Waals surface area contributed by atoms with Crippen molar-refractivity contribution in [1.29, 1.82) is 0 Å². The zero-order chi connectivity index (χ0) is 23.9. The van der Waals surface area contributed by atoms with E-state index in [1.165, 1.54) is 56.1 Å². The molecular formula is C29H48W2. The Morgan fingerprint density at radius 2 is 0.710 bits per heavy atom. The molecule has 0 unspecified atom stereocenters. The van der Waals surface area contributed by atoms with Gasteiger partial charge in [-0.05, 0) is 52.7 Å². The molecule has 0 saturated carbocycles. The summed E-state index contributed by atoms with van der Waals surface area (Å²) in [6.45, 7) is 33.5. The van der Waals surface area contributed by atoms with E-state index in [1.807, 2.05) is 34.6 Å². The van der Waals surface area contributed by atoms with Gasteiger partial charge in [-0.2, -0.15) is 0 Å². The van der Waals surface area contributed by atoms with Crippen LogP contribution in [0.25, 0.3) is 0 Å². The summed E-state index contributed by atoms with van der Waals surface area (Å²) in [5.74, 6) is 1.39. The second-order valence-electron chi connectivity index (χ2n) is 8.12. The molecule has 0 aromatic rings. The standard InChI is InChI=1S/C11H18.C10H18.C8H12.2W/c1-7-9(4)11(6)10(5)8(2)3;1-7(2)9(5)10(6)8(3)4;1-5-7(3)8(4)6-2;;/h1-6H3;1-6H3;1-4H3;;/q-2;;-2;2*+2. The Morgan fingerprint density at radius 1 is 0.452 bits per heavy atom. The van der Waals surface area contributed by atoms with Crippen molar-refractivity contribution in [2.45, 2.75) is 111 Å². The van der Waals surface area contributed by atoms with Gasteiger partial charge in [-0.1, -0.05) is 25.0 Å². The Balaban J connectivity index is -0.000000107. The van der Waals surface area contributed by atoms with Crippen LogP contribution in [-0.2, 0) is 42.1 Å². The molecule has 0 fully saturated rings. The quantitative estimate of drug-likeness (QED) is 0.198. The van der Waals surface area contributed by atoms with E-state index >= 15 is 0 Å². The van der Waals surface area contributed by atoms with E-state index in [0.29, 0.717) is 0 Å². The zero-order valence-electron chi connectivity index (χ0n) is 23.3. The van der Waals surface area contributed by atoms with Crippen molar-refractivity contribution in [3.8, 4) is 0 Å². The van der Waals surface area contributed by atoms with Crippen LogP contribution in [0.1, 0.15) is 111 Å². The maximum atomic E-state index is 3.15. The fourth-order valence-corrected chi connectivity index (χ4v) is 1.97. The molecule has 0 spiro atoms. The summed E-state index contributed by atoms with van der Waals surface area (Å²) in [6.07, 6.45) is 9.21. The first-order chi connectivity index (χ1) is 13.2. The number of rotatable bonds is 4. The van der Waals surface area contributed by atoms with E-state index in [9.17, 15) is 0 Å². The van der Waals surface area contributed by atoms with E-state index in [4.69, 9.17) is 0 Å². The van der Waals surface area contributed by atoms with Gasteiger partial charge in [0.15, 0.2) is 0 Å². The molecule has 0 amide bonds. The van der Waals surface area contributed by atoms with Gasteiger partial charge in [0.05, 0.1) is 0 Å². The third-order valence-corrected chi connectivity index (χ3v) is 5.62. The number of hydrogen-bond donors (Lipinski definition) is 0. The largest absolute Gasteiger partial charge is 2.00 e. The second kappa shape index (κ2) is 22.9. The average molecular weight is 764 g/mol. The van der Waals surface area contributed by atoms with E-state index in [-0.39, 0.29) is 42.1 Å². The van der Waals surface area contributed by atoms with Gasteiger partial charge in [0, 0.05) is 0 Å². The Bertz CT molecular complexity index is 630. The van der Waals surface area contributed by atoms with Gasteiger partial charge in [0.1, 0.15) is 0 Å². The third-order valence-electron chi connectivity index (χ3n) is 5.62. The summed E-state index contributed by atoms with van der Waals surface area (Å²) in [4.78, 5) is 0. The van der Waals surface area contributed by atoms with E-state index in [0.717, 1.165) is 0 Å². The summed E-state index contributed by atoms with van der Waals surface area (Å²) in [5, 5.41) is 0. The molecule has 0 radical (unpaired) electrons. The fourth-order valence-electron chi connectivity index (χ4n) is 1.97. The van der Waals surface area contributed by atoms with Gasteiger partial charge in [-0.3, -0.25) is 6.08 Å². The molecule has 0 aromatic heterocycles. The minimum absolute atomic E-state index is 0. The maximum Gasteiger partial charge on any atom is 2.00 e. The van der Waals surface area contributed by atoms with E-state index in [2.05, 4.69) is 94.4 Å². The van der Waals surface area contributed by atoms with Crippen LogP contribution in [0.2, 0.25) is 0 Å². The summed E-state index contributed by atoms with van der Waals surface area (Å²) < 4.78 is 0. The predicted octanol–water partition coefficient (Wildman–Crippen LogP) is 9.93. The van der Waals surface area contributed by atoms with E-state index in [1.54, 1.807) is 0 Å². The van der Waals surface area contributed by atoms with Crippen LogP contribution in [0, 0.1) is 24.1 Å². The van der Waals surface area contributed by atoms with Gasteiger partial charge in [-0.15, -0.1) is 55.4 Å². The van der Waals surface area contributed by atoms with Gasteiger partial charge in [0.25, 0.3) is 0 Å². The molecule has 0 bridgehead atoms. The van der Waals surface area contributed by atoms with Crippen LogP contribution in [0.5, 0.6) is 0 Å². The maximum absolute atomic E-state index is 3.15. The van der Waals surface area contributed by atoms with Crippen molar-refractivity contribution in [3.05, 3.63) is 74.3 Å². The average Bonchev–Trinajstić information content (AvgIpc) is 2.69. The summed E-state index contributed by atoms with van der Waals surface area (Å²) >= 11 is 0. The normalized spacial score (nSPS) is 11.8.